The predicted molar refractivity (Wildman–Crippen MR) is 27.4 cm³/mol. The molecule has 0 spiro atoms. The smallest absolute Gasteiger partial charge is 0.232 e. The summed E-state index contributed by atoms with van der Waals surface area (Å²) in [5.74, 6) is -0.822. The van der Waals surface area contributed by atoms with Gasteiger partial charge in [-0.1, -0.05) is 11.9 Å². The van der Waals surface area contributed by atoms with Crippen LogP contribution in [0.5, 0.6) is 0 Å². The van der Waals surface area contributed by atoms with Crippen LogP contribution in [0.2, 0.25) is 0 Å². The molecule has 1 fully saturated rings. The molecule has 0 aromatic heterocycles. The van der Waals surface area contributed by atoms with Crippen LogP contribution in [0.1, 0.15) is 6.42 Å². The molecule has 0 aliphatic carbocycles. The molecule has 1 aliphatic heterocycles. The van der Waals surface area contributed by atoms with E-state index in [1.54, 1.807) is 0 Å². The van der Waals surface area contributed by atoms with Crippen molar-refractivity contribution in [3.05, 3.63) is 0 Å². The minimum atomic E-state index is -1.59. The molecule has 1 heterocycles. The lowest BCUT2D eigenvalue weighted by atomic mass is 10.4. The molecule has 3 nitrogen and oxygen atoms in total. The summed E-state index contributed by atoms with van der Waals surface area (Å²) in [5, 5.41) is 17.2. The maximum atomic E-state index is 8.62. The van der Waals surface area contributed by atoms with Gasteiger partial charge < -0.3 is 10.2 Å². The van der Waals surface area contributed by atoms with E-state index in [0.717, 1.165) is 5.75 Å². The number of hydrogen-bond acceptors (Lipinski definition) is 4. The first-order chi connectivity index (χ1) is 3.21. The first-order valence-electron chi connectivity index (χ1n) is 2.04. The third-order valence-corrected chi connectivity index (χ3v) is 1.67. The molecule has 0 aromatic carbocycles. The molecule has 1 rings (SSSR count). The van der Waals surface area contributed by atoms with Gasteiger partial charge in [-0.2, -0.15) is 0 Å². The van der Waals surface area contributed by atoms with Gasteiger partial charge in [0.25, 0.3) is 0 Å². The summed E-state index contributed by atoms with van der Waals surface area (Å²) in [7, 11) is 0. The fourth-order valence-corrected chi connectivity index (χ4v) is 1.23. The van der Waals surface area contributed by atoms with Gasteiger partial charge in [0.1, 0.15) is 0 Å². The lowest BCUT2D eigenvalue weighted by molar-refractivity contribution is -0.162. The van der Waals surface area contributed by atoms with Crippen LogP contribution in [-0.2, 0) is 0 Å². The highest BCUT2D eigenvalue weighted by Gasteiger charge is 2.27. The Balaban J connectivity index is 2.40. The Morgan fingerprint density at radius 1 is 1.57 bits per heavy atom. The predicted octanol–water partition coefficient (Wildman–Crippen LogP) is -0.734. The maximum absolute atomic E-state index is 8.62. The van der Waals surface area contributed by atoms with Crippen LogP contribution in [0.15, 0.2) is 0 Å². The molecule has 3 N–H and O–H groups in total. The lowest BCUT2D eigenvalue weighted by Gasteiger charge is -2.10. The number of nitrogens with one attached hydrogen (secondary N) is 1. The summed E-state index contributed by atoms with van der Waals surface area (Å²) in [4.78, 5) is 0. The Bertz CT molecular complexity index is 67.3. The summed E-state index contributed by atoms with van der Waals surface area (Å²) in [6.45, 7) is 0. The normalized spacial score (nSPS) is 28.3. The highest BCUT2D eigenvalue weighted by Crippen LogP contribution is 2.17. The highest BCUT2D eigenvalue weighted by atomic mass is 32.2. The molecule has 42 valence electrons. The van der Waals surface area contributed by atoms with Crippen molar-refractivity contribution in [3.8, 4) is 0 Å². The lowest BCUT2D eigenvalue weighted by Crippen LogP contribution is -2.35. The Labute approximate surface area is 45.9 Å². The second-order valence-corrected chi connectivity index (χ2v) is 2.42. The van der Waals surface area contributed by atoms with Crippen molar-refractivity contribution in [2.24, 2.45) is 0 Å². The van der Waals surface area contributed by atoms with E-state index in [0.29, 0.717) is 6.42 Å². The average Bonchev–Trinajstić information content (AvgIpc) is 1.84. The molecule has 0 saturated carbocycles. The average molecular weight is 121 g/mol. The Kier molecular flexibility index (Phi) is 1.25. The van der Waals surface area contributed by atoms with Gasteiger partial charge in [-0.3, -0.25) is 0 Å². The first kappa shape index (κ1) is 5.37. The number of rotatable bonds is 0. The van der Waals surface area contributed by atoms with Gasteiger partial charge in [-0.05, 0) is 0 Å². The third-order valence-electron chi connectivity index (χ3n) is 0.788. The molecule has 0 amide bonds. The third kappa shape index (κ3) is 1.31. The van der Waals surface area contributed by atoms with E-state index in [-0.39, 0.29) is 0 Å². The van der Waals surface area contributed by atoms with Crippen LogP contribution in [0.25, 0.3) is 0 Å². The SMILES string of the molecule is OC1(O)CCSN1. The largest absolute Gasteiger partial charge is 0.353 e. The van der Waals surface area contributed by atoms with Gasteiger partial charge in [0.2, 0.25) is 5.91 Å². The fraction of sp³-hybridized carbons (Fsp3) is 1.00. The number of hydrogen-bond donors (Lipinski definition) is 3. The summed E-state index contributed by atoms with van der Waals surface area (Å²) in [6, 6.07) is 0. The van der Waals surface area contributed by atoms with Gasteiger partial charge >= 0.3 is 0 Å². The zero-order valence-corrected chi connectivity index (χ0v) is 4.53. The van der Waals surface area contributed by atoms with Gasteiger partial charge in [0, 0.05) is 12.2 Å². The van der Waals surface area contributed by atoms with Crippen LogP contribution in [0.4, 0.5) is 0 Å². The quantitative estimate of drug-likeness (QED) is 0.292. The zero-order valence-electron chi connectivity index (χ0n) is 3.72. The molecule has 0 radical (unpaired) electrons. The minimum Gasteiger partial charge on any atom is -0.353 e. The molecule has 0 unspecified atom stereocenters. The minimum absolute atomic E-state index is 0.414. The van der Waals surface area contributed by atoms with Crippen molar-refractivity contribution < 1.29 is 10.2 Å². The molecule has 7 heavy (non-hydrogen) atoms. The van der Waals surface area contributed by atoms with Crippen LogP contribution >= 0.6 is 11.9 Å². The first-order valence-corrected chi connectivity index (χ1v) is 3.03. The van der Waals surface area contributed by atoms with E-state index in [1.165, 1.54) is 11.9 Å². The van der Waals surface area contributed by atoms with E-state index in [9.17, 15) is 0 Å². The summed E-state index contributed by atoms with van der Waals surface area (Å²) < 4.78 is 2.42. The molecule has 1 aliphatic rings. The van der Waals surface area contributed by atoms with Crippen molar-refractivity contribution >= 4 is 11.9 Å². The van der Waals surface area contributed by atoms with Crippen molar-refractivity contribution in [1.82, 2.24) is 4.72 Å². The molecule has 0 bridgehead atoms. The Morgan fingerprint density at radius 2 is 2.29 bits per heavy atom. The monoisotopic (exact) mass is 121 g/mol. The number of aliphatic hydroxyl groups is 2. The zero-order chi connectivity index (χ0) is 5.33. The van der Waals surface area contributed by atoms with Crippen molar-refractivity contribution in [1.29, 1.82) is 0 Å². The molecule has 1 saturated heterocycles. The second kappa shape index (κ2) is 1.63. The summed E-state index contributed by atoms with van der Waals surface area (Å²) >= 11 is 1.33. The molecular formula is C3H7NO2S. The standard InChI is InChI=1S/C3H7NO2S/c5-3(6)1-2-7-4-3/h4-6H,1-2H2. The van der Waals surface area contributed by atoms with Gasteiger partial charge in [-0.25, -0.2) is 4.72 Å². The highest BCUT2D eigenvalue weighted by molar-refractivity contribution is 7.97. The van der Waals surface area contributed by atoms with Gasteiger partial charge in [0.05, 0.1) is 0 Å². The van der Waals surface area contributed by atoms with E-state index in [4.69, 9.17) is 10.2 Å². The van der Waals surface area contributed by atoms with Crippen molar-refractivity contribution in [2.45, 2.75) is 12.3 Å². The molecule has 0 atom stereocenters. The van der Waals surface area contributed by atoms with Crippen molar-refractivity contribution in [2.75, 3.05) is 5.75 Å². The summed E-state index contributed by atoms with van der Waals surface area (Å²) in [6.07, 6.45) is 0.414. The van der Waals surface area contributed by atoms with E-state index < -0.39 is 5.91 Å². The second-order valence-electron chi connectivity index (χ2n) is 1.52. The molecule has 0 aromatic rings. The van der Waals surface area contributed by atoms with Crippen LogP contribution in [-0.4, -0.2) is 21.9 Å². The topological polar surface area (TPSA) is 52.5 Å². The summed E-state index contributed by atoms with van der Waals surface area (Å²) in [5.41, 5.74) is 0. The Hall–Kier alpha value is 0.230. The van der Waals surface area contributed by atoms with Crippen LogP contribution in [0, 0.1) is 0 Å². The van der Waals surface area contributed by atoms with Gasteiger partial charge in [-0.15, -0.1) is 0 Å². The van der Waals surface area contributed by atoms with Crippen LogP contribution in [0.3, 0.4) is 0 Å². The molecular weight excluding hydrogens is 114 g/mol. The van der Waals surface area contributed by atoms with E-state index >= 15 is 0 Å². The van der Waals surface area contributed by atoms with E-state index in [2.05, 4.69) is 4.72 Å². The maximum Gasteiger partial charge on any atom is 0.232 e. The van der Waals surface area contributed by atoms with E-state index in [1.807, 2.05) is 0 Å². The fourth-order valence-electron chi connectivity index (χ4n) is 0.411. The molecule has 4 heteroatoms. The van der Waals surface area contributed by atoms with Crippen LogP contribution < -0.4 is 4.72 Å². The Morgan fingerprint density at radius 3 is 2.43 bits per heavy atom. The van der Waals surface area contributed by atoms with Crippen molar-refractivity contribution in [3.63, 3.8) is 0 Å². The van der Waals surface area contributed by atoms with Gasteiger partial charge in [0.15, 0.2) is 0 Å².